The smallest absolute Gasteiger partial charge is 0.0704 e. The molecule has 1 atom stereocenters. The largest absolute Gasteiger partial charge is 0.324 e. The molecule has 0 saturated carbocycles. The predicted molar refractivity (Wildman–Crippen MR) is 74.4 cm³/mol. The molecule has 0 amide bonds. The molecule has 2 heterocycles. The van der Waals surface area contributed by atoms with Gasteiger partial charge in [0.1, 0.15) is 0 Å². The highest BCUT2D eigenvalue weighted by molar-refractivity contribution is 5.81. The van der Waals surface area contributed by atoms with Gasteiger partial charge in [-0.05, 0) is 35.7 Å². The van der Waals surface area contributed by atoms with Crippen LogP contribution >= 0.6 is 0 Å². The summed E-state index contributed by atoms with van der Waals surface area (Å²) in [6, 6.07) is 11.9. The maximum atomic E-state index is 6.23. The molecule has 0 bridgehead atoms. The lowest BCUT2D eigenvalue weighted by molar-refractivity contribution is 0.715. The third kappa shape index (κ3) is 2.44. The zero-order valence-corrected chi connectivity index (χ0v) is 10.4. The van der Waals surface area contributed by atoms with Crippen LogP contribution in [0.15, 0.2) is 55.0 Å². The fraction of sp³-hybridized carbons (Fsp3) is 0.133. The van der Waals surface area contributed by atoms with Crippen molar-refractivity contribution in [2.75, 3.05) is 0 Å². The molecule has 0 aliphatic rings. The topological polar surface area (TPSA) is 64.7 Å². The molecule has 4 heteroatoms. The molecule has 0 radical (unpaired) electrons. The second-order valence-electron chi connectivity index (χ2n) is 4.47. The van der Waals surface area contributed by atoms with Crippen LogP contribution in [0.5, 0.6) is 0 Å². The Balaban J connectivity index is 1.94. The Morgan fingerprint density at radius 2 is 1.89 bits per heavy atom. The summed E-state index contributed by atoms with van der Waals surface area (Å²) in [5.74, 6) is 0. The number of hydrogen-bond acceptors (Lipinski definition) is 4. The number of fused-ring (bicyclic) bond motifs is 1. The van der Waals surface area contributed by atoms with Gasteiger partial charge in [0.25, 0.3) is 0 Å². The van der Waals surface area contributed by atoms with Crippen LogP contribution < -0.4 is 5.73 Å². The highest BCUT2D eigenvalue weighted by Crippen LogP contribution is 2.21. The average molecular weight is 250 g/mol. The van der Waals surface area contributed by atoms with Crippen molar-refractivity contribution < 1.29 is 0 Å². The maximum Gasteiger partial charge on any atom is 0.0704 e. The van der Waals surface area contributed by atoms with E-state index < -0.39 is 0 Å². The van der Waals surface area contributed by atoms with Gasteiger partial charge in [-0.15, -0.1) is 0 Å². The number of aromatic nitrogens is 3. The van der Waals surface area contributed by atoms with Crippen LogP contribution in [0.2, 0.25) is 0 Å². The van der Waals surface area contributed by atoms with Gasteiger partial charge < -0.3 is 5.73 Å². The van der Waals surface area contributed by atoms with Crippen LogP contribution in [-0.2, 0) is 6.42 Å². The lowest BCUT2D eigenvalue weighted by Crippen LogP contribution is -2.14. The van der Waals surface area contributed by atoms with Gasteiger partial charge in [0.15, 0.2) is 0 Å². The van der Waals surface area contributed by atoms with Gasteiger partial charge in [-0.1, -0.05) is 18.2 Å². The van der Waals surface area contributed by atoms with Crippen LogP contribution in [0.1, 0.15) is 17.2 Å². The van der Waals surface area contributed by atoms with E-state index in [2.05, 4.69) is 21.2 Å². The van der Waals surface area contributed by atoms with E-state index in [9.17, 15) is 0 Å². The zero-order chi connectivity index (χ0) is 13.1. The molecular weight excluding hydrogens is 236 g/mol. The molecule has 1 aromatic carbocycles. The van der Waals surface area contributed by atoms with Crippen LogP contribution in [0.25, 0.3) is 10.9 Å². The molecule has 2 N–H and O–H groups in total. The van der Waals surface area contributed by atoms with Crippen molar-refractivity contribution in [3.05, 3.63) is 66.1 Å². The van der Waals surface area contributed by atoms with E-state index in [1.807, 2.05) is 36.5 Å². The molecule has 3 aromatic rings. The minimum absolute atomic E-state index is 0.0821. The first-order valence-corrected chi connectivity index (χ1v) is 6.19. The average Bonchev–Trinajstić information content (AvgIpc) is 2.48. The molecule has 0 fully saturated rings. The number of nitrogens with two attached hydrogens (primary N) is 1. The third-order valence-electron chi connectivity index (χ3n) is 3.21. The SMILES string of the molecule is NC(Cc1ccnc2ccccc12)c1ccnnc1. The quantitative estimate of drug-likeness (QED) is 0.774. The number of para-hydroxylation sites is 1. The maximum absolute atomic E-state index is 6.23. The van der Waals surface area contributed by atoms with E-state index in [4.69, 9.17) is 5.73 Å². The second-order valence-corrected chi connectivity index (χ2v) is 4.47. The minimum Gasteiger partial charge on any atom is -0.324 e. The Labute approximate surface area is 111 Å². The minimum atomic E-state index is -0.0821. The van der Waals surface area contributed by atoms with Crippen molar-refractivity contribution in [1.82, 2.24) is 15.2 Å². The van der Waals surface area contributed by atoms with Gasteiger partial charge in [0.05, 0.1) is 11.7 Å². The number of hydrogen-bond donors (Lipinski definition) is 1. The molecule has 2 aromatic heterocycles. The summed E-state index contributed by atoms with van der Waals surface area (Å²) in [5.41, 5.74) is 9.43. The monoisotopic (exact) mass is 250 g/mol. The molecule has 0 saturated heterocycles. The van der Waals surface area contributed by atoms with E-state index in [1.54, 1.807) is 12.4 Å². The first-order chi connectivity index (χ1) is 9.34. The van der Waals surface area contributed by atoms with E-state index >= 15 is 0 Å². The molecule has 0 aliphatic heterocycles. The molecular formula is C15H14N4. The fourth-order valence-corrected chi connectivity index (χ4v) is 2.21. The Morgan fingerprint density at radius 3 is 2.74 bits per heavy atom. The van der Waals surface area contributed by atoms with Crippen molar-refractivity contribution in [3.63, 3.8) is 0 Å². The number of benzene rings is 1. The van der Waals surface area contributed by atoms with E-state index in [0.29, 0.717) is 0 Å². The Morgan fingerprint density at radius 1 is 1.00 bits per heavy atom. The van der Waals surface area contributed by atoms with Crippen molar-refractivity contribution >= 4 is 10.9 Å². The van der Waals surface area contributed by atoms with Gasteiger partial charge in [-0.2, -0.15) is 10.2 Å². The molecule has 94 valence electrons. The number of pyridine rings is 1. The Bertz CT molecular complexity index is 677. The summed E-state index contributed by atoms with van der Waals surface area (Å²) in [6.07, 6.45) is 5.97. The normalized spacial score (nSPS) is 12.5. The number of nitrogens with zero attached hydrogens (tertiary/aromatic N) is 3. The Hall–Kier alpha value is -2.33. The van der Waals surface area contributed by atoms with Crippen LogP contribution in [0.3, 0.4) is 0 Å². The van der Waals surface area contributed by atoms with Gasteiger partial charge in [0, 0.05) is 23.8 Å². The summed E-state index contributed by atoms with van der Waals surface area (Å²) in [4.78, 5) is 4.36. The van der Waals surface area contributed by atoms with E-state index in [1.165, 1.54) is 5.56 Å². The van der Waals surface area contributed by atoms with Crippen LogP contribution in [-0.4, -0.2) is 15.2 Å². The predicted octanol–water partition coefficient (Wildman–Crippen LogP) is 2.27. The molecule has 0 aliphatic carbocycles. The molecule has 3 rings (SSSR count). The Kier molecular flexibility index (Phi) is 3.16. The lowest BCUT2D eigenvalue weighted by Gasteiger charge is -2.12. The summed E-state index contributed by atoms with van der Waals surface area (Å²) in [5, 5.41) is 8.79. The summed E-state index contributed by atoms with van der Waals surface area (Å²) in [7, 11) is 0. The second kappa shape index (κ2) is 5.12. The fourth-order valence-electron chi connectivity index (χ4n) is 2.21. The highest BCUT2D eigenvalue weighted by Gasteiger charge is 2.09. The molecule has 0 spiro atoms. The van der Waals surface area contributed by atoms with E-state index in [0.717, 1.165) is 22.9 Å². The van der Waals surface area contributed by atoms with E-state index in [-0.39, 0.29) is 6.04 Å². The summed E-state index contributed by atoms with van der Waals surface area (Å²) < 4.78 is 0. The zero-order valence-electron chi connectivity index (χ0n) is 10.4. The molecule has 1 unspecified atom stereocenters. The van der Waals surface area contributed by atoms with Crippen molar-refractivity contribution in [3.8, 4) is 0 Å². The standard InChI is InChI=1S/C15H14N4/c16-14(12-6-8-18-19-10-12)9-11-5-7-17-15-4-2-1-3-13(11)15/h1-8,10,14H,9,16H2. The summed E-state index contributed by atoms with van der Waals surface area (Å²) in [6.45, 7) is 0. The molecule has 4 nitrogen and oxygen atoms in total. The van der Waals surface area contributed by atoms with Gasteiger partial charge in [-0.3, -0.25) is 4.98 Å². The molecule has 19 heavy (non-hydrogen) atoms. The van der Waals surface area contributed by atoms with Gasteiger partial charge in [-0.25, -0.2) is 0 Å². The lowest BCUT2D eigenvalue weighted by atomic mass is 9.99. The number of rotatable bonds is 3. The highest BCUT2D eigenvalue weighted by atomic mass is 15.1. The van der Waals surface area contributed by atoms with Crippen molar-refractivity contribution in [1.29, 1.82) is 0 Å². The first-order valence-electron chi connectivity index (χ1n) is 6.19. The van der Waals surface area contributed by atoms with Gasteiger partial charge in [0.2, 0.25) is 0 Å². The van der Waals surface area contributed by atoms with Crippen LogP contribution in [0.4, 0.5) is 0 Å². The van der Waals surface area contributed by atoms with Crippen molar-refractivity contribution in [2.45, 2.75) is 12.5 Å². The third-order valence-corrected chi connectivity index (χ3v) is 3.21. The van der Waals surface area contributed by atoms with Crippen LogP contribution in [0, 0.1) is 0 Å². The first kappa shape index (κ1) is 11.7. The summed E-state index contributed by atoms with van der Waals surface area (Å²) >= 11 is 0. The van der Waals surface area contributed by atoms with Crippen molar-refractivity contribution in [2.24, 2.45) is 5.73 Å². The van der Waals surface area contributed by atoms with Gasteiger partial charge >= 0.3 is 0 Å².